The lowest BCUT2D eigenvalue weighted by Gasteiger charge is -2.11. The molecule has 1 rings (SSSR count). The van der Waals surface area contributed by atoms with Gasteiger partial charge in [-0.1, -0.05) is 31.5 Å². The summed E-state index contributed by atoms with van der Waals surface area (Å²) in [7, 11) is -3.31. The second-order valence-corrected chi connectivity index (χ2v) is 5.61. The molecule has 0 radical (unpaired) electrons. The minimum Gasteiger partial charge on any atom is -0.371 e. The van der Waals surface area contributed by atoms with Gasteiger partial charge in [0.2, 0.25) is 0 Å². The predicted octanol–water partition coefficient (Wildman–Crippen LogP) is 2.36. The van der Waals surface area contributed by atoms with Crippen LogP contribution in [0.15, 0.2) is 30.3 Å². The Kier molecular flexibility index (Phi) is 5.03. The van der Waals surface area contributed by atoms with Gasteiger partial charge in [-0.3, -0.25) is 4.57 Å². The van der Waals surface area contributed by atoms with Crippen molar-refractivity contribution in [3.05, 3.63) is 30.3 Å². The van der Waals surface area contributed by atoms with Crippen molar-refractivity contribution in [2.75, 3.05) is 13.0 Å². The van der Waals surface area contributed by atoms with Crippen LogP contribution >= 0.6 is 7.37 Å². The second kappa shape index (κ2) is 6.06. The molecule has 1 unspecified atom stereocenters. The highest BCUT2D eigenvalue weighted by Crippen LogP contribution is 2.38. The first-order valence-electron chi connectivity index (χ1n) is 5.12. The number of rotatable bonds is 6. The Morgan fingerprint density at radius 1 is 1.33 bits per heavy atom. The molecule has 3 nitrogen and oxygen atoms in total. The van der Waals surface area contributed by atoms with Gasteiger partial charge in [0, 0.05) is 11.9 Å². The van der Waals surface area contributed by atoms with E-state index in [0.29, 0.717) is 11.9 Å². The summed E-state index contributed by atoms with van der Waals surface area (Å²) in [5.41, 5.74) is 0. The van der Waals surface area contributed by atoms with Crippen molar-refractivity contribution in [2.45, 2.75) is 19.8 Å². The van der Waals surface area contributed by atoms with Crippen molar-refractivity contribution >= 4 is 12.7 Å². The molecule has 0 aliphatic carbocycles. The normalized spacial score (nSPS) is 14.8. The SMILES string of the molecule is CCCCOCP(=O)(O)c1ccccc1. The van der Waals surface area contributed by atoms with E-state index in [0.717, 1.165) is 12.8 Å². The first-order chi connectivity index (χ1) is 7.17. The smallest absolute Gasteiger partial charge is 0.254 e. The van der Waals surface area contributed by atoms with Gasteiger partial charge >= 0.3 is 0 Å². The van der Waals surface area contributed by atoms with Crippen LogP contribution in [0.3, 0.4) is 0 Å². The monoisotopic (exact) mass is 228 g/mol. The molecule has 0 bridgehead atoms. The van der Waals surface area contributed by atoms with E-state index in [4.69, 9.17) is 4.74 Å². The van der Waals surface area contributed by atoms with Gasteiger partial charge in [-0.2, -0.15) is 0 Å². The quantitative estimate of drug-likeness (QED) is 0.600. The van der Waals surface area contributed by atoms with Gasteiger partial charge < -0.3 is 9.63 Å². The third-order valence-electron chi connectivity index (χ3n) is 2.07. The topological polar surface area (TPSA) is 46.5 Å². The third kappa shape index (κ3) is 4.17. The van der Waals surface area contributed by atoms with Gasteiger partial charge in [0.25, 0.3) is 7.37 Å². The highest BCUT2D eigenvalue weighted by atomic mass is 31.2. The van der Waals surface area contributed by atoms with Crippen LogP contribution in [0.5, 0.6) is 0 Å². The zero-order valence-corrected chi connectivity index (χ0v) is 9.82. The average Bonchev–Trinajstić information content (AvgIpc) is 2.26. The number of ether oxygens (including phenoxy) is 1. The third-order valence-corrected chi connectivity index (χ3v) is 3.71. The molecular weight excluding hydrogens is 211 g/mol. The molecule has 0 aromatic heterocycles. The molecule has 1 aromatic rings. The lowest BCUT2D eigenvalue weighted by atomic mass is 10.4. The van der Waals surface area contributed by atoms with Crippen LogP contribution in [0.25, 0.3) is 0 Å². The fourth-order valence-electron chi connectivity index (χ4n) is 1.17. The Morgan fingerprint density at radius 3 is 2.60 bits per heavy atom. The molecule has 0 fully saturated rings. The molecule has 0 aliphatic heterocycles. The average molecular weight is 228 g/mol. The van der Waals surface area contributed by atoms with Crippen LogP contribution in [0.1, 0.15) is 19.8 Å². The van der Waals surface area contributed by atoms with Gasteiger partial charge in [0.1, 0.15) is 6.35 Å². The molecule has 0 saturated carbocycles. The van der Waals surface area contributed by atoms with E-state index in [1.807, 2.05) is 6.07 Å². The summed E-state index contributed by atoms with van der Waals surface area (Å²) in [6.07, 6.45) is 1.87. The summed E-state index contributed by atoms with van der Waals surface area (Å²) in [6.45, 7) is 2.60. The molecule has 1 N–H and O–H groups in total. The molecule has 0 heterocycles. The van der Waals surface area contributed by atoms with Crippen molar-refractivity contribution in [1.82, 2.24) is 0 Å². The van der Waals surface area contributed by atoms with Gasteiger partial charge in [-0.25, -0.2) is 0 Å². The largest absolute Gasteiger partial charge is 0.371 e. The van der Waals surface area contributed by atoms with Crippen LogP contribution in [0.2, 0.25) is 0 Å². The molecule has 4 heteroatoms. The zero-order valence-electron chi connectivity index (χ0n) is 8.93. The summed E-state index contributed by atoms with van der Waals surface area (Å²) in [5, 5.41) is 0.460. The van der Waals surface area contributed by atoms with Crippen LogP contribution in [-0.2, 0) is 9.30 Å². The summed E-state index contributed by atoms with van der Waals surface area (Å²) >= 11 is 0. The minimum atomic E-state index is -3.31. The maximum absolute atomic E-state index is 11.8. The zero-order chi connectivity index (χ0) is 11.1. The molecule has 1 atom stereocenters. The van der Waals surface area contributed by atoms with Crippen LogP contribution in [0.4, 0.5) is 0 Å². The number of hydrogen-bond donors (Lipinski definition) is 1. The Labute approximate surface area is 90.5 Å². The van der Waals surface area contributed by atoms with Crippen molar-refractivity contribution in [1.29, 1.82) is 0 Å². The predicted molar refractivity (Wildman–Crippen MR) is 61.6 cm³/mol. The summed E-state index contributed by atoms with van der Waals surface area (Å²) in [5.74, 6) is 0. The standard InChI is InChI=1S/C11H17O3P/c1-2-3-9-14-10-15(12,13)11-7-5-4-6-8-11/h4-8H,2-3,9-10H2,1H3,(H,12,13). The highest BCUT2D eigenvalue weighted by molar-refractivity contribution is 7.65. The van der Waals surface area contributed by atoms with Gasteiger partial charge in [0.15, 0.2) is 0 Å². The summed E-state index contributed by atoms with van der Waals surface area (Å²) in [4.78, 5) is 9.72. The molecule has 0 saturated heterocycles. The first kappa shape index (κ1) is 12.4. The van der Waals surface area contributed by atoms with Gasteiger partial charge in [-0.05, 0) is 18.6 Å². The molecule has 1 aromatic carbocycles. The lowest BCUT2D eigenvalue weighted by molar-refractivity contribution is 0.166. The number of hydrogen-bond acceptors (Lipinski definition) is 2. The van der Waals surface area contributed by atoms with Gasteiger partial charge in [-0.15, -0.1) is 0 Å². The van der Waals surface area contributed by atoms with Crippen molar-refractivity contribution < 1.29 is 14.2 Å². The summed E-state index contributed by atoms with van der Waals surface area (Å²) in [6, 6.07) is 8.64. The highest BCUT2D eigenvalue weighted by Gasteiger charge is 2.20. The maximum Gasteiger partial charge on any atom is 0.254 e. The molecule has 84 valence electrons. The Bertz CT molecular complexity index is 324. The van der Waals surface area contributed by atoms with Crippen LogP contribution in [0, 0.1) is 0 Å². The fourth-order valence-corrected chi connectivity index (χ4v) is 2.33. The van der Waals surface area contributed by atoms with Gasteiger partial charge in [0.05, 0.1) is 0 Å². The van der Waals surface area contributed by atoms with Crippen LogP contribution in [-0.4, -0.2) is 17.8 Å². The van der Waals surface area contributed by atoms with E-state index < -0.39 is 7.37 Å². The molecule has 0 spiro atoms. The lowest BCUT2D eigenvalue weighted by Crippen LogP contribution is -2.09. The molecule has 15 heavy (non-hydrogen) atoms. The van der Waals surface area contributed by atoms with Crippen LogP contribution < -0.4 is 5.30 Å². The Morgan fingerprint density at radius 2 is 2.00 bits per heavy atom. The summed E-state index contributed by atoms with van der Waals surface area (Å²) < 4.78 is 17.0. The van der Waals surface area contributed by atoms with Crippen molar-refractivity contribution in [2.24, 2.45) is 0 Å². The van der Waals surface area contributed by atoms with E-state index in [1.54, 1.807) is 24.3 Å². The van der Waals surface area contributed by atoms with Crippen molar-refractivity contribution in [3.63, 3.8) is 0 Å². The minimum absolute atomic E-state index is 0.0863. The first-order valence-corrected chi connectivity index (χ1v) is 6.96. The maximum atomic E-state index is 11.8. The van der Waals surface area contributed by atoms with E-state index in [-0.39, 0.29) is 6.35 Å². The van der Waals surface area contributed by atoms with E-state index in [2.05, 4.69) is 6.92 Å². The molecule has 0 aliphatic rings. The second-order valence-electron chi connectivity index (χ2n) is 3.43. The van der Waals surface area contributed by atoms with E-state index in [1.165, 1.54) is 0 Å². The number of benzene rings is 1. The number of unbranched alkanes of at least 4 members (excludes halogenated alkanes) is 1. The van der Waals surface area contributed by atoms with E-state index in [9.17, 15) is 9.46 Å². The Hall–Kier alpha value is -0.630. The fraction of sp³-hybridized carbons (Fsp3) is 0.455. The van der Waals surface area contributed by atoms with E-state index >= 15 is 0 Å². The van der Waals surface area contributed by atoms with Crippen molar-refractivity contribution in [3.8, 4) is 0 Å². The molecule has 0 amide bonds. The molecular formula is C11H17O3P. The Balaban J connectivity index is 2.49.